The molecule has 0 aliphatic heterocycles. The fourth-order valence-corrected chi connectivity index (χ4v) is 2.11. The predicted molar refractivity (Wildman–Crippen MR) is 87.2 cm³/mol. The van der Waals surface area contributed by atoms with Crippen LogP contribution in [0.25, 0.3) is 11.3 Å². The van der Waals surface area contributed by atoms with E-state index in [4.69, 9.17) is 0 Å². The zero-order chi connectivity index (χ0) is 15.4. The van der Waals surface area contributed by atoms with Gasteiger partial charge in [-0.05, 0) is 37.3 Å². The molecule has 2 aromatic carbocycles. The highest BCUT2D eigenvalue weighted by Crippen LogP contribution is 2.19. The van der Waals surface area contributed by atoms with Gasteiger partial charge >= 0.3 is 0 Å². The second kappa shape index (κ2) is 6.18. The number of benzene rings is 2. The third kappa shape index (κ3) is 3.17. The smallest absolute Gasteiger partial charge is 0.227 e. The van der Waals surface area contributed by atoms with Crippen molar-refractivity contribution in [2.24, 2.45) is 0 Å². The average molecular weight is 289 g/mol. The van der Waals surface area contributed by atoms with Crippen LogP contribution in [-0.2, 0) is 0 Å². The highest BCUT2D eigenvalue weighted by atomic mass is 16.1. The maximum atomic E-state index is 11.3. The van der Waals surface area contributed by atoms with Crippen LogP contribution in [0.4, 0.5) is 11.6 Å². The molecule has 22 heavy (non-hydrogen) atoms. The topological polar surface area (TPSA) is 54.9 Å². The van der Waals surface area contributed by atoms with E-state index in [1.165, 1.54) is 0 Å². The number of nitrogens with zero attached hydrogens (tertiary/aromatic N) is 2. The van der Waals surface area contributed by atoms with Gasteiger partial charge in [0, 0.05) is 23.0 Å². The van der Waals surface area contributed by atoms with Gasteiger partial charge in [0.05, 0.1) is 5.69 Å². The van der Waals surface area contributed by atoms with Crippen molar-refractivity contribution in [3.63, 3.8) is 0 Å². The lowest BCUT2D eigenvalue weighted by atomic mass is 10.1. The van der Waals surface area contributed by atoms with Gasteiger partial charge in [-0.25, -0.2) is 9.97 Å². The van der Waals surface area contributed by atoms with Crippen molar-refractivity contribution in [3.8, 4) is 11.3 Å². The minimum absolute atomic E-state index is 0.0499. The van der Waals surface area contributed by atoms with Crippen molar-refractivity contribution < 1.29 is 4.79 Å². The Morgan fingerprint density at radius 1 is 0.955 bits per heavy atom. The van der Waals surface area contributed by atoms with Gasteiger partial charge in [-0.15, -0.1) is 0 Å². The number of hydrogen-bond acceptors (Lipinski definition) is 4. The number of aromatic nitrogens is 2. The monoisotopic (exact) mass is 289 g/mol. The average Bonchev–Trinajstić information content (AvgIpc) is 2.56. The molecule has 0 aliphatic carbocycles. The molecule has 0 saturated heterocycles. The van der Waals surface area contributed by atoms with E-state index < -0.39 is 0 Å². The number of hydrogen-bond donors (Lipinski definition) is 1. The van der Waals surface area contributed by atoms with Crippen LogP contribution in [0.15, 0.2) is 66.9 Å². The maximum Gasteiger partial charge on any atom is 0.227 e. The largest absolute Gasteiger partial charge is 0.324 e. The lowest BCUT2D eigenvalue weighted by molar-refractivity contribution is 0.101. The minimum atomic E-state index is 0.0499. The van der Waals surface area contributed by atoms with Gasteiger partial charge in [0.1, 0.15) is 0 Å². The van der Waals surface area contributed by atoms with Crippen molar-refractivity contribution in [1.82, 2.24) is 9.97 Å². The fourth-order valence-electron chi connectivity index (χ4n) is 2.11. The van der Waals surface area contributed by atoms with Gasteiger partial charge in [-0.2, -0.15) is 0 Å². The summed E-state index contributed by atoms with van der Waals surface area (Å²) in [5, 5.41) is 3.15. The van der Waals surface area contributed by atoms with Crippen molar-refractivity contribution in [3.05, 3.63) is 72.4 Å². The van der Waals surface area contributed by atoms with Crippen LogP contribution >= 0.6 is 0 Å². The zero-order valence-electron chi connectivity index (χ0n) is 12.2. The summed E-state index contributed by atoms with van der Waals surface area (Å²) in [4.78, 5) is 20.0. The Labute approximate surface area is 128 Å². The quantitative estimate of drug-likeness (QED) is 0.735. The van der Waals surface area contributed by atoms with Crippen molar-refractivity contribution in [1.29, 1.82) is 0 Å². The van der Waals surface area contributed by atoms with E-state index in [-0.39, 0.29) is 5.78 Å². The molecule has 0 atom stereocenters. The Kier molecular flexibility index (Phi) is 3.92. The number of nitrogens with one attached hydrogen (secondary N) is 1. The van der Waals surface area contributed by atoms with Crippen molar-refractivity contribution >= 4 is 17.4 Å². The summed E-state index contributed by atoms with van der Waals surface area (Å²) in [6.45, 7) is 1.55. The molecule has 0 unspecified atom stereocenters. The second-order valence-electron chi connectivity index (χ2n) is 4.89. The van der Waals surface area contributed by atoms with Crippen LogP contribution in [0.2, 0.25) is 0 Å². The van der Waals surface area contributed by atoms with Crippen LogP contribution in [0.3, 0.4) is 0 Å². The van der Waals surface area contributed by atoms with Crippen LogP contribution < -0.4 is 5.32 Å². The summed E-state index contributed by atoms with van der Waals surface area (Å²) in [7, 11) is 0. The Bertz CT molecular complexity index is 783. The molecule has 4 nitrogen and oxygen atoms in total. The second-order valence-corrected chi connectivity index (χ2v) is 4.89. The zero-order valence-corrected chi connectivity index (χ0v) is 12.2. The Morgan fingerprint density at radius 3 is 2.36 bits per heavy atom. The van der Waals surface area contributed by atoms with Crippen molar-refractivity contribution in [2.75, 3.05) is 5.32 Å². The normalized spacial score (nSPS) is 10.2. The molecule has 0 fully saturated rings. The van der Waals surface area contributed by atoms with Gasteiger partial charge in [-0.3, -0.25) is 4.79 Å². The summed E-state index contributed by atoms with van der Waals surface area (Å²) >= 11 is 0. The van der Waals surface area contributed by atoms with E-state index in [1.54, 1.807) is 25.3 Å². The van der Waals surface area contributed by atoms with Crippen LogP contribution in [-0.4, -0.2) is 15.8 Å². The first-order valence-corrected chi connectivity index (χ1v) is 6.99. The Morgan fingerprint density at radius 2 is 1.68 bits per heavy atom. The van der Waals surface area contributed by atoms with Crippen LogP contribution in [0, 0.1) is 0 Å². The van der Waals surface area contributed by atoms with Gasteiger partial charge < -0.3 is 5.32 Å². The Hall–Kier alpha value is -3.01. The van der Waals surface area contributed by atoms with Gasteiger partial charge in [0.25, 0.3) is 0 Å². The highest BCUT2D eigenvalue weighted by Gasteiger charge is 2.03. The van der Waals surface area contributed by atoms with E-state index in [2.05, 4.69) is 15.3 Å². The van der Waals surface area contributed by atoms with Crippen LogP contribution in [0.1, 0.15) is 17.3 Å². The van der Waals surface area contributed by atoms with E-state index in [1.807, 2.05) is 48.5 Å². The van der Waals surface area contributed by atoms with Crippen molar-refractivity contribution in [2.45, 2.75) is 6.92 Å². The third-order valence-electron chi connectivity index (χ3n) is 3.27. The van der Waals surface area contributed by atoms with E-state index >= 15 is 0 Å². The molecule has 0 aliphatic rings. The fraction of sp³-hybridized carbons (Fsp3) is 0.0556. The third-order valence-corrected chi connectivity index (χ3v) is 3.27. The first-order chi connectivity index (χ1) is 10.7. The number of carbonyl (C=O) groups is 1. The number of rotatable bonds is 4. The first kappa shape index (κ1) is 13.9. The van der Waals surface area contributed by atoms with E-state index in [9.17, 15) is 4.79 Å². The lowest BCUT2D eigenvalue weighted by Gasteiger charge is -2.07. The molecule has 0 radical (unpaired) electrons. The molecule has 4 heteroatoms. The SMILES string of the molecule is CC(=O)c1ccc(Nc2nccc(-c3ccccc3)n2)cc1. The lowest BCUT2D eigenvalue weighted by Crippen LogP contribution is -1.98. The first-order valence-electron chi connectivity index (χ1n) is 6.99. The highest BCUT2D eigenvalue weighted by molar-refractivity contribution is 5.94. The summed E-state index contributed by atoms with van der Waals surface area (Å²) in [6, 6.07) is 19.1. The van der Waals surface area contributed by atoms with E-state index in [0.29, 0.717) is 11.5 Å². The number of Topliss-reactive ketones (excluding diaryl/α,β-unsaturated/α-hetero) is 1. The van der Waals surface area contributed by atoms with Gasteiger partial charge in [0.15, 0.2) is 5.78 Å². The molecule has 1 aromatic heterocycles. The predicted octanol–water partition coefficient (Wildman–Crippen LogP) is 4.09. The summed E-state index contributed by atoms with van der Waals surface area (Å²) in [6.07, 6.45) is 1.72. The molecule has 1 heterocycles. The molecular weight excluding hydrogens is 274 g/mol. The summed E-state index contributed by atoms with van der Waals surface area (Å²) in [5.74, 6) is 0.575. The van der Waals surface area contributed by atoms with E-state index in [0.717, 1.165) is 16.9 Å². The number of carbonyl (C=O) groups excluding carboxylic acids is 1. The summed E-state index contributed by atoms with van der Waals surface area (Å²) < 4.78 is 0. The minimum Gasteiger partial charge on any atom is -0.324 e. The molecule has 3 rings (SSSR count). The molecule has 1 N–H and O–H groups in total. The van der Waals surface area contributed by atoms with Gasteiger partial charge in [-0.1, -0.05) is 30.3 Å². The van der Waals surface area contributed by atoms with Crippen LogP contribution in [0.5, 0.6) is 0 Å². The molecular formula is C18H15N3O. The number of anilines is 2. The molecule has 3 aromatic rings. The standard InChI is InChI=1S/C18H15N3O/c1-13(22)14-7-9-16(10-8-14)20-18-19-12-11-17(21-18)15-5-3-2-4-6-15/h2-12H,1H3,(H,19,20,21). The molecule has 0 amide bonds. The van der Waals surface area contributed by atoms with Gasteiger partial charge in [0.2, 0.25) is 5.95 Å². The maximum absolute atomic E-state index is 11.3. The Balaban J connectivity index is 1.82. The molecule has 0 spiro atoms. The molecule has 108 valence electrons. The summed E-state index contributed by atoms with van der Waals surface area (Å²) in [5.41, 5.74) is 3.43. The molecule has 0 bridgehead atoms. The molecule has 0 saturated carbocycles. The number of ketones is 1.